The van der Waals surface area contributed by atoms with Crippen LogP contribution in [0.4, 0.5) is 5.95 Å². The Labute approximate surface area is 137 Å². The number of likely N-dealkylation sites (N-methyl/N-ethyl adjacent to an activating group) is 1. The van der Waals surface area contributed by atoms with Crippen LogP contribution in [0.15, 0.2) is 42.4 Å². The van der Waals surface area contributed by atoms with Gasteiger partial charge in [-0.25, -0.2) is 9.97 Å². The third-order valence-corrected chi connectivity index (χ3v) is 4.25. The Morgan fingerprint density at radius 3 is 2.96 bits per heavy atom. The summed E-state index contributed by atoms with van der Waals surface area (Å²) in [6.45, 7) is 2.87. The lowest BCUT2D eigenvalue weighted by atomic mass is 10.1. The highest BCUT2D eigenvalue weighted by atomic mass is 15.1. The molecule has 1 aromatic heterocycles. The molecule has 5 nitrogen and oxygen atoms in total. The van der Waals surface area contributed by atoms with E-state index in [0.717, 1.165) is 25.1 Å². The molecule has 1 saturated carbocycles. The molecule has 5 heteroatoms. The molecule has 118 valence electrons. The van der Waals surface area contributed by atoms with Crippen LogP contribution in [0.25, 0.3) is 5.57 Å². The molecular weight excluding hydrogens is 286 g/mol. The minimum absolute atomic E-state index is 0.452. The molecular formula is C18H21N5. The highest BCUT2D eigenvalue weighted by Crippen LogP contribution is 2.25. The van der Waals surface area contributed by atoms with Crippen molar-refractivity contribution in [1.82, 2.24) is 14.9 Å². The number of anilines is 1. The van der Waals surface area contributed by atoms with Crippen molar-refractivity contribution < 1.29 is 0 Å². The monoisotopic (exact) mass is 307 g/mol. The van der Waals surface area contributed by atoms with E-state index in [9.17, 15) is 5.26 Å². The van der Waals surface area contributed by atoms with Gasteiger partial charge in [0.2, 0.25) is 5.95 Å². The molecule has 3 rings (SSSR count). The van der Waals surface area contributed by atoms with Gasteiger partial charge in [0.15, 0.2) is 0 Å². The summed E-state index contributed by atoms with van der Waals surface area (Å²) in [5, 5.41) is 13.0. The Bertz CT molecular complexity index is 690. The average Bonchev–Trinajstić information content (AvgIpc) is 3.09. The molecule has 0 saturated heterocycles. The summed E-state index contributed by atoms with van der Waals surface area (Å²) in [6, 6.07) is 4.56. The number of rotatable bonds is 4. The van der Waals surface area contributed by atoms with Gasteiger partial charge in [0, 0.05) is 25.0 Å². The molecule has 0 unspecified atom stereocenters. The maximum Gasteiger partial charge on any atom is 0.223 e. The summed E-state index contributed by atoms with van der Waals surface area (Å²) in [6.07, 6.45) is 14.4. The van der Waals surface area contributed by atoms with Crippen molar-refractivity contribution in [2.75, 3.05) is 11.9 Å². The van der Waals surface area contributed by atoms with Crippen LogP contribution in [0.3, 0.4) is 0 Å². The van der Waals surface area contributed by atoms with Crippen LogP contribution >= 0.6 is 0 Å². The van der Waals surface area contributed by atoms with E-state index < -0.39 is 0 Å². The van der Waals surface area contributed by atoms with Crippen molar-refractivity contribution in [3.63, 3.8) is 0 Å². The van der Waals surface area contributed by atoms with Crippen LogP contribution in [0.2, 0.25) is 0 Å². The molecule has 0 spiro atoms. The second-order valence-corrected chi connectivity index (χ2v) is 5.75. The van der Waals surface area contributed by atoms with Crippen molar-refractivity contribution in [2.45, 2.75) is 38.6 Å². The summed E-state index contributed by atoms with van der Waals surface area (Å²) in [7, 11) is 0. The molecule has 0 bridgehead atoms. The molecule has 1 aliphatic heterocycles. The first-order valence-corrected chi connectivity index (χ1v) is 8.17. The lowest BCUT2D eigenvalue weighted by Crippen LogP contribution is -2.19. The van der Waals surface area contributed by atoms with Crippen molar-refractivity contribution in [3.05, 3.63) is 48.1 Å². The highest BCUT2D eigenvalue weighted by molar-refractivity contribution is 5.79. The van der Waals surface area contributed by atoms with E-state index >= 15 is 0 Å². The first-order chi connectivity index (χ1) is 11.3. The van der Waals surface area contributed by atoms with E-state index in [1.54, 1.807) is 12.3 Å². The standard InChI is InChI=1S/C18H21N5/c1-2-23-12-6-5-9-17(23)15(13-19)16-10-11-20-18(22-16)21-14-7-3-4-8-14/h5-6,9-12,14H,2-4,7-8H2,1H3,(H,20,21,22). The fourth-order valence-electron chi connectivity index (χ4n) is 3.04. The van der Waals surface area contributed by atoms with Crippen molar-refractivity contribution in [2.24, 2.45) is 0 Å². The number of nitrogens with one attached hydrogen (secondary N) is 1. The predicted octanol–water partition coefficient (Wildman–Crippen LogP) is 3.47. The topological polar surface area (TPSA) is 64.8 Å². The van der Waals surface area contributed by atoms with Crippen molar-refractivity contribution >= 4 is 11.5 Å². The smallest absolute Gasteiger partial charge is 0.223 e. The molecule has 0 atom stereocenters. The number of nitriles is 1. The molecule has 2 heterocycles. The predicted molar refractivity (Wildman–Crippen MR) is 91.1 cm³/mol. The van der Waals surface area contributed by atoms with E-state index in [1.807, 2.05) is 29.3 Å². The van der Waals surface area contributed by atoms with Gasteiger partial charge in [0.05, 0.1) is 11.4 Å². The molecule has 23 heavy (non-hydrogen) atoms. The van der Waals surface area contributed by atoms with E-state index in [-0.39, 0.29) is 0 Å². The van der Waals surface area contributed by atoms with Crippen LogP contribution in [-0.2, 0) is 0 Å². The number of hydrogen-bond donors (Lipinski definition) is 1. The third-order valence-electron chi connectivity index (χ3n) is 4.25. The average molecular weight is 307 g/mol. The molecule has 2 aliphatic rings. The van der Waals surface area contributed by atoms with Gasteiger partial charge in [-0.15, -0.1) is 0 Å². The van der Waals surface area contributed by atoms with Crippen molar-refractivity contribution in [1.29, 1.82) is 5.26 Å². The number of nitrogens with zero attached hydrogens (tertiary/aromatic N) is 4. The van der Waals surface area contributed by atoms with Crippen LogP contribution in [-0.4, -0.2) is 27.5 Å². The molecule has 1 aromatic rings. The number of hydrogen-bond acceptors (Lipinski definition) is 5. The Kier molecular flexibility index (Phi) is 4.72. The van der Waals surface area contributed by atoms with Crippen LogP contribution in [0.5, 0.6) is 0 Å². The fraction of sp³-hybridized carbons (Fsp3) is 0.389. The fourth-order valence-corrected chi connectivity index (χ4v) is 3.04. The lowest BCUT2D eigenvalue weighted by molar-refractivity contribution is 0.505. The Hall–Kier alpha value is -2.61. The lowest BCUT2D eigenvalue weighted by Gasteiger charge is -2.23. The van der Waals surface area contributed by atoms with E-state index in [2.05, 4.69) is 28.3 Å². The minimum atomic E-state index is 0.452. The molecule has 0 radical (unpaired) electrons. The summed E-state index contributed by atoms with van der Waals surface area (Å²) in [5.74, 6) is 0.612. The molecule has 1 aliphatic carbocycles. The van der Waals surface area contributed by atoms with Gasteiger partial charge in [-0.1, -0.05) is 18.9 Å². The quantitative estimate of drug-likeness (QED) is 0.863. The number of allylic oxidation sites excluding steroid dienone is 4. The largest absolute Gasteiger partial charge is 0.351 e. The van der Waals surface area contributed by atoms with E-state index in [1.165, 1.54) is 12.8 Å². The normalized spacial score (nSPS) is 19.7. The van der Waals surface area contributed by atoms with E-state index in [4.69, 9.17) is 0 Å². The second kappa shape index (κ2) is 7.10. The van der Waals surface area contributed by atoms with E-state index in [0.29, 0.717) is 23.3 Å². The van der Waals surface area contributed by atoms with Crippen molar-refractivity contribution in [3.8, 4) is 6.07 Å². The molecule has 0 aromatic carbocycles. The van der Waals surface area contributed by atoms with Gasteiger partial charge in [-0.2, -0.15) is 5.26 Å². The zero-order chi connectivity index (χ0) is 16.1. The summed E-state index contributed by atoms with van der Waals surface area (Å²) < 4.78 is 0. The van der Waals surface area contributed by atoms with Crippen LogP contribution in [0.1, 0.15) is 38.3 Å². The SMILES string of the molecule is CCN1C=CC=CC1=C(C#N)c1ccnc(NC2CCCC2)n1. The molecule has 1 N–H and O–H groups in total. The first-order valence-electron chi connectivity index (χ1n) is 8.17. The third kappa shape index (κ3) is 3.42. The maximum atomic E-state index is 9.65. The zero-order valence-electron chi connectivity index (χ0n) is 13.4. The Morgan fingerprint density at radius 2 is 2.22 bits per heavy atom. The summed E-state index contributed by atoms with van der Waals surface area (Å²) >= 11 is 0. The van der Waals surface area contributed by atoms with Gasteiger partial charge in [-0.05, 0) is 38.0 Å². The minimum Gasteiger partial charge on any atom is -0.351 e. The van der Waals surface area contributed by atoms with Gasteiger partial charge in [0.25, 0.3) is 0 Å². The van der Waals surface area contributed by atoms with Gasteiger partial charge in [0.1, 0.15) is 11.6 Å². The zero-order valence-corrected chi connectivity index (χ0v) is 13.4. The van der Waals surface area contributed by atoms with Crippen LogP contribution < -0.4 is 5.32 Å². The van der Waals surface area contributed by atoms with Gasteiger partial charge in [-0.3, -0.25) is 0 Å². The first kappa shape index (κ1) is 15.3. The Morgan fingerprint density at radius 1 is 1.39 bits per heavy atom. The second-order valence-electron chi connectivity index (χ2n) is 5.75. The van der Waals surface area contributed by atoms with Gasteiger partial charge >= 0.3 is 0 Å². The molecule has 0 amide bonds. The summed E-state index contributed by atoms with van der Waals surface area (Å²) in [4.78, 5) is 10.9. The maximum absolute atomic E-state index is 9.65. The highest BCUT2D eigenvalue weighted by Gasteiger charge is 2.18. The van der Waals surface area contributed by atoms with Gasteiger partial charge < -0.3 is 10.2 Å². The molecule has 1 fully saturated rings. The number of aromatic nitrogens is 2. The Balaban J connectivity index is 1.91. The van der Waals surface area contributed by atoms with Crippen LogP contribution in [0, 0.1) is 11.3 Å². The summed E-state index contributed by atoms with van der Waals surface area (Å²) in [5.41, 5.74) is 2.11.